The number of hydrogen-bond donors (Lipinski definition) is 1. The third-order valence-corrected chi connectivity index (χ3v) is 3.87. The molecule has 0 aliphatic carbocycles. The zero-order chi connectivity index (χ0) is 15.7. The topological polar surface area (TPSA) is 51.5 Å². The van der Waals surface area contributed by atoms with Crippen LogP contribution in [-0.2, 0) is 4.79 Å². The quantitative estimate of drug-likeness (QED) is 0.879. The third-order valence-electron chi connectivity index (χ3n) is 3.87. The number of likely N-dealkylation sites (N-methyl/N-ethyl adjacent to an activating group) is 1. The molecule has 4 nitrogen and oxygen atoms in total. The first kappa shape index (κ1) is 15.2. The molecule has 1 amide bonds. The maximum atomic E-state index is 11.6. The Labute approximate surface area is 124 Å². The fraction of sp³-hybridized carbons (Fsp3) is 0.353. The van der Waals surface area contributed by atoms with Crippen LogP contribution in [0.5, 0.6) is 5.75 Å². The molecule has 21 heavy (non-hydrogen) atoms. The second kappa shape index (κ2) is 5.64. The third kappa shape index (κ3) is 2.53. The molecule has 0 atom stereocenters. The van der Waals surface area contributed by atoms with Gasteiger partial charge in [-0.2, -0.15) is 0 Å². The van der Waals surface area contributed by atoms with Crippen molar-refractivity contribution in [2.45, 2.75) is 27.7 Å². The van der Waals surface area contributed by atoms with E-state index in [0.29, 0.717) is 0 Å². The number of fused-ring (bicyclic) bond motifs is 1. The number of aryl methyl sites for hydroxylation is 3. The van der Waals surface area contributed by atoms with E-state index in [1.165, 1.54) is 0 Å². The lowest BCUT2D eigenvalue weighted by atomic mass is 9.98. The number of ether oxygens (including phenoxy) is 1. The van der Waals surface area contributed by atoms with Crippen molar-refractivity contribution in [2.75, 3.05) is 14.2 Å². The molecule has 0 radical (unpaired) electrons. The van der Waals surface area contributed by atoms with Crippen molar-refractivity contribution >= 4 is 22.4 Å². The van der Waals surface area contributed by atoms with E-state index >= 15 is 0 Å². The first-order chi connectivity index (χ1) is 9.90. The predicted octanol–water partition coefficient (Wildman–Crippen LogP) is 3.52. The Bertz CT molecular complexity index is 738. The lowest BCUT2D eigenvalue weighted by Gasteiger charge is -2.12. The number of furan rings is 1. The fourth-order valence-electron chi connectivity index (χ4n) is 2.51. The van der Waals surface area contributed by atoms with Crippen LogP contribution >= 0.6 is 0 Å². The van der Waals surface area contributed by atoms with Crippen molar-refractivity contribution in [1.29, 1.82) is 0 Å². The first-order valence-electron chi connectivity index (χ1n) is 6.88. The molecule has 1 heterocycles. The Hall–Kier alpha value is -2.23. The van der Waals surface area contributed by atoms with Crippen molar-refractivity contribution in [3.63, 3.8) is 0 Å². The average molecular weight is 287 g/mol. The van der Waals surface area contributed by atoms with E-state index in [0.717, 1.165) is 44.7 Å². The number of amides is 1. The van der Waals surface area contributed by atoms with Gasteiger partial charge in [-0.15, -0.1) is 0 Å². The number of hydrogen-bond acceptors (Lipinski definition) is 3. The molecule has 0 saturated carbocycles. The summed E-state index contributed by atoms with van der Waals surface area (Å²) in [6.07, 6.45) is 1.57. The number of carbonyl (C=O) groups is 1. The van der Waals surface area contributed by atoms with E-state index in [9.17, 15) is 4.79 Å². The summed E-state index contributed by atoms with van der Waals surface area (Å²) < 4.78 is 11.4. The highest BCUT2D eigenvalue weighted by atomic mass is 16.5. The van der Waals surface area contributed by atoms with Crippen LogP contribution in [0, 0.1) is 20.8 Å². The van der Waals surface area contributed by atoms with Crippen molar-refractivity contribution in [3.8, 4) is 5.75 Å². The molecule has 0 aliphatic heterocycles. The number of carbonyl (C=O) groups excluding carboxylic acids is 1. The number of benzene rings is 1. The zero-order valence-electron chi connectivity index (χ0n) is 13.4. The van der Waals surface area contributed by atoms with Gasteiger partial charge in [-0.25, -0.2) is 0 Å². The Morgan fingerprint density at radius 1 is 1.29 bits per heavy atom. The summed E-state index contributed by atoms with van der Waals surface area (Å²) in [5.41, 5.74) is 4.68. The summed E-state index contributed by atoms with van der Waals surface area (Å²) in [5, 5.41) is 3.66. The maximum Gasteiger partial charge on any atom is 0.244 e. The summed E-state index contributed by atoms with van der Waals surface area (Å²) in [6, 6.07) is 2.03. The van der Waals surface area contributed by atoms with E-state index < -0.39 is 0 Å². The van der Waals surface area contributed by atoms with Crippen molar-refractivity contribution in [1.82, 2.24) is 5.32 Å². The number of methoxy groups -OCH3 is 1. The van der Waals surface area contributed by atoms with Gasteiger partial charge in [0.1, 0.15) is 17.1 Å². The van der Waals surface area contributed by atoms with Gasteiger partial charge < -0.3 is 14.5 Å². The molecule has 112 valence electrons. The molecule has 4 heteroatoms. The van der Waals surface area contributed by atoms with Crippen LogP contribution in [0.1, 0.15) is 29.4 Å². The molecule has 1 aromatic carbocycles. The van der Waals surface area contributed by atoms with Crippen molar-refractivity contribution < 1.29 is 13.9 Å². The first-order valence-corrected chi connectivity index (χ1v) is 6.88. The second-order valence-corrected chi connectivity index (χ2v) is 5.18. The molecule has 0 unspecified atom stereocenters. The summed E-state index contributed by atoms with van der Waals surface area (Å²) in [4.78, 5) is 11.6. The standard InChI is InChI=1S/C17H21NO3/c1-9(7-15(19)18-5)13-8-14-10(2)12(4)21-17(14)11(3)16(13)20-6/h7-8H,1-6H3,(H,18,19)/b9-7+. The second-order valence-electron chi connectivity index (χ2n) is 5.18. The van der Waals surface area contributed by atoms with E-state index in [2.05, 4.69) is 5.32 Å². The lowest BCUT2D eigenvalue weighted by molar-refractivity contribution is -0.116. The van der Waals surface area contributed by atoms with E-state index in [1.54, 1.807) is 20.2 Å². The molecule has 0 bridgehead atoms. The number of nitrogens with one attached hydrogen (secondary N) is 1. The van der Waals surface area contributed by atoms with Gasteiger partial charge in [0.25, 0.3) is 0 Å². The Kier molecular flexibility index (Phi) is 4.07. The van der Waals surface area contributed by atoms with Crippen LogP contribution in [0.3, 0.4) is 0 Å². The van der Waals surface area contributed by atoms with Crippen LogP contribution in [-0.4, -0.2) is 20.1 Å². The molecule has 2 rings (SSSR count). The van der Waals surface area contributed by atoms with Gasteiger partial charge in [0, 0.05) is 29.6 Å². The molecule has 0 fully saturated rings. The summed E-state index contributed by atoms with van der Waals surface area (Å²) in [6.45, 7) is 7.86. The maximum absolute atomic E-state index is 11.6. The molecule has 0 aliphatic rings. The zero-order valence-corrected chi connectivity index (χ0v) is 13.4. The smallest absolute Gasteiger partial charge is 0.244 e. The Morgan fingerprint density at radius 3 is 2.52 bits per heavy atom. The molecule has 1 aromatic heterocycles. The lowest BCUT2D eigenvalue weighted by Crippen LogP contribution is -2.14. The van der Waals surface area contributed by atoms with Gasteiger partial charge in [0.05, 0.1) is 7.11 Å². The van der Waals surface area contributed by atoms with Crippen LogP contribution in [0.4, 0.5) is 0 Å². The van der Waals surface area contributed by atoms with Gasteiger partial charge in [-0.3, -0.25) is 4.79 Å². The molecule has 1 N–H and O–H groups in total. The van der Waals surface area contributed by atoms with Crippen molar-refractivity contribution in [3.05, 3.63) is 34.6 Å². The van der Waals surface area contributed by atoms with Gasteiger partial charge >= 0.3 is 0 Å². The van der Waals surface area contributed by atoms with Crippen LogP contribution in [0.25, 0.3) is 16.5 Å². The number of allylic oxidation sites excluding steroid dienone is 1. The van der Waals surface area contributed by atoms with Gasteiger partial charge in [-0.05, 0) is 44.9 Å². The van der Waals surface area contributed by atoms with Gasteiger partial charge in [0.2, 0.25) is 5.91 Å². The Balaban J connectivity index is 2.76. The predicted molar refractivity (Wildman–Crippen MR) is 84.7 cm³/mol. The van der Waals surface area contributed by atoms with Gasteiger partial charge in [0.15, 0.2) is 0 Å². The van der Waals surface area contributed by atoms with Crippen LogP contribution in [0.15, 0.2) is 16.6 Å². The van der Waals surface area contributed by atoms with E-state index in [-0.39, 0.29) is 5.91 Å². The fourth-order valence-corrected chi connectivity index (χ4v) is 2.51. The van der Waals surface area contributed by atoms with Crippen molar-refractivity contribution in [2.24, 2.45) is 0 Å². The summed E-state index contributed by atoms with van der Waals surface area (Å²) in [7, 11) is 3.24. The van der Waals surface area contributed by atoms with Crippen LogP contribution in [0.2, 0.25) is 0 Å². The number of rotatable bonds is 3. The molecular formula is C17H21NO3. The molecule has 0 spiro atoms. The highest BCUT2D eigenvalue weighted by Gasteiger charge is 2.18. The monoisotopic (exact) mass is 287 g/mol. The SMILES string of the molecule is CNC(=O)/C=C(\C)c1cc2c(C)c(C)oc2c(C)c1OC. The molecular weight excluding hydrogens is 266 g/mol. The van der Waals surface area contributed by atoms with Gasteiger partial charge in [-0.1, -0.05) is 0 Å². The highest BCUT2D eigenvalue weighted by molar-refractivity contribution is 5.98. The van der Waals surface area contributed by atoms with E-state index in [1.807, 2.05) is 33.8 Å². The minimum absolute atomic E-state index is 0.132. The minimum atomic E-state index is -0.132. The normalized spacial score (nSPS) is 11.8. The highest BCUT2D eigenvalue weighted by Crippen LogP contribution is 2.38. The molecule has 0 saturated heterocycles. The van der Waals surface area contributed by atoms with E-state index in [4.69, 9.17) is 9.15 Å². The summed E-state index contributed by atoms with van der Waals surface area (Å²) in [5.74, 6) is 1.52. The Morgan fingerprint density at radius 2 is 1.95 bits per heavy atom. The van der Waals surface area contributed by atoms with Crippen LogP contribution < -0.4 is 10.1 Å². The minimum Gasteiger partial charge on any atom is -0.496 e. The molecule has 2 aromatic rings. The average Bonchev–Trinajstić information content (AvgIpc) is 2.75. The largest absolute Gasteiger partial charge is 0.496 e. The summed E-state index contributed by atoms with van der Waals surface area (Å²) >= 11 is 0.